The second kappa shape index (κ2) is 5.92. The van der Waals surface area contributed by atoms with Crippen LogP contribution in [0.15, 0.2) is 16.5 Å². The maximum atomic E-state index is 12.2. The van der Waals surface area contributed by atoms with E-state index in [1.165, 1.54) is 6.42 Å². The van der Waals surface area contributed by atoms with Gasteiger partial charge in [0.05, 0.1) is 6.54 Å². The molecule has 1 aromatic heterocycles. The summed E-state index contributed by atoms with van der Waals surface area (Å²) in [6.45, 7) is 3.72. The Balaban J connectivity index is 1.50. The van der Waals surface area contributed by atoms with Crippen LogP contribution in [0.25, 0.3) is 0 Å². The van der Waals surface area contributed by atoms with Gasteiger partial charge in [-0.25, -0.2) is 0 Å². The highest BCUT2D eigenvalue weighted by Crippen LogP contribution is 2.47. The van der Waals surface area contributed by atoms with Crippen molar-refractivity contribution in [3.8, 4) is 0 Å². The Morgan fingerprint density at radius 3 is 3.05 bits per heavy atom. The monoisotopic (exact) mass is 290 g/mol. The van der Waals surface area contributed by atoms with E-state index in [1.54, 1.807) is 4.90 Å². The average Bonchev–Trinajstić information content (AvgIpc) is 3.08. The number of carbonyl (C=O) groups excluding carboxylic acids is 2. The van der Waals surface area contributed by atoms with Crippen LogP contribution in [0.5, 0.6) is 0 Å². The number of rotatable bonds is 4. The number of furan rings is 1. The lowest BCUT2D eigenvalue weighted by molar-refractivity contribution is -0.135. The lowest BCUT2D eigenvalue weighted by Gasteiger charge is -2.18. The minimum atomic E-state index is -0.0659. The Kier molecular flexibility index (Phi) is 3.99. The number of hydrogen-bond donors (Lipinski definition) is 1. The van der Waals surface area contributed by atoms with Crippen molar-refractivity contribution in [2.75, 3.05) is 19.6 Å². The van der Waals surface area contributed by atoms with Crippen LogP contribution in [0.2, 0.25) is 0 Å². The third kappa shape index (κ3) is 3.46. The third-order valence-corrected chi connectivity index (χ3v) is 4.36. The Labute approximate surface area is 124 Å². The summed E-state index contributed by atoms with van der Waals surface area (Å²) in [6.07, 6.45) is 3.04. The molecule has 2 aliphatic rings. The second-order valence-electron chi connectivity index (χ2n) is 6.14. The van der Waals surface area contributed by atoms with Gasteiger partial charge in [-0.3, -0.25) is 9.59 Å². The molecule has 1 aliphatic heterocycles. The van der Waals surface area contributed by atoms with Gasteiger partial charge in [0.1, 0.15) is 11.5 Å². The Morgan fingerprint density at radius 2 is 2.29 bits per heavy atom. The van der Waals surface area contributed by atoms with Crippen LogP contribution < -0.4 is 5.32 Å². The van der Waals surface area contributed by atoms with Crippen molar-refractivity contribution in [3.63, 3.8) is 0 Å². The van der Waals surface area contributed by atoms with Crippen LogP contribution in [0.3, 0.4) is 0 Å². The van der Waals surface area contributed by atoms with Gasteiger partial charge in [0.15, 0.2) is 0 Å². The van der Waals surface area contributed by atoms with E-state index < -0.39 is 0 Å². The fourth-order valence-electron chi connectivity index (χ4n) is 2.85. The third-order valence-electron chi connectivity index (χ3n) is 4.36. The van der Waals surface area contributed by atoms with Crippen molar-refractivity contribution in [2.24, 2.45) is 5.92 Å². The Morgan fingerprint density at radius 1 is 1.48 bits per heavy atom. The molecule has 2 fully saturated rings. The number of hydrogen-bond acceptors (Lipinski definition) is 3. The standard InChI is InChI=1S/C16H22N2O3/c1-11-9-13(11)14-5-3-12(21-14)4-6-16(20)18-8-2-7-17-15(19)10-18/h3,5,11,13H,2,4,6-10H2,1H3,(H,17,19). The number of carbonyl (C=O) groups is 2. The molecule has 5 heteroatoms. The van der Waals surface area contributed by atoms with Crippen molar-refractivity contribution >= 4 is 11.8 Å². The molecule has 1 aliphatic carbocycles. The van der Waals surface area contributed by atoms with Gasteiger partial charge >= 0.3 is 0 Å². The molecule has 0 radical (unpaired) electrons. The molecule has 114 valence electrons. The van der Waals surface area contributed by atoms with Gasteiger partial charge in [0.2, 0.25) is 11.8 Å². The molecule has 21 heavy (non-hydrogen) atoms. The van der Waals surface area contributed by atoms with Crippen LogP contribution in [0.4, 0.5) is 0 Å². The Bertz CT molecular complexity index is 537. The number of nitrogens with zero attached hydrogens (tertiary/aromatic N) is 1. The van der Waals surface area contributed by atoms with Gasteiger partial charge in [-0.05, 0) is 30.9 Å². The predicted molar refractivity (Wildman–Crippen MR) is 77.8 cm³/mol. The molecule has 2 unspecified atom stereocenters. The first kappa shape index (κ1) is 14.2. The van der Waals surface area contributed by atoms with E-state index >= 15 is 0 Å². The maximum Gasteiger partial charge on any atom is 0.239 e. The molecule has 2 atom stereocenters. The van der Waals surface area contributed by atoms with Gasteiger partial charge in [0.25, 0.3) is 0 Å². The first-order valence-electron chi connectivity index (χ1n) is 7.76. The van der Waals surface area contributed by atoms with Crippen molar-refractivity contribution in [3.05, 3.63) is 23.7 Å². The highest BCUT2D eigenvalue weighted by Gasteiger charge is 2.36. The number of nitrogens with one attached hydrogen (secondary N) is 1. The summed E-state index contributed by atoms with van der Waals surface area (Å²) < 4.78 is 5.81. The molecule has 0 aromatic carbocycles. The van der Waals surface area contributed by atoms with E-state index in [0.717, 1.165) is 23.9 Å². The van der Waals surface area contributed by atoms with Crippen LogP contribution >= 0.6 is 0 Å². The highest BCUT2D eigenvalue weighted by atomic mass is 16.3. The first-order valence-corrected chi connectivity index (χ1v) is 7.76. The summed E-state index contributed by atoms with van der Waals surface area (Å²) in [4.78, 5) is 25.3. The quantitative estimate of drug-likeness (QED) is 0.917. The summed E-state index contributed by atoms with van der Waals surface area (Å²) in [5, 5.41) is 2.78. The number of amides is 2. The van der Waals surface area contributed by atoms with Crippen molar-refractivity contribution in [2.45, 2.75) is 38.5 Å². The summed E-state index contributed by atoms with van der Waals surface area (Å²) in [5.74, 6) is 3.19. The van der Waals surface area contributed by atoms with Gasteiger partial charge in [-0.1, -0.05) is 6.92 Å². The molecule has 5 nitrogen and oxygen atoms in total. The van der Waals surface area contributed by atoms with E-state index in [9.17, 15) is 9.59 Å². The van der Waals surface area contributed by atoms with Crippen LogP contribution in [-0.4, -0.2) is 36.3 Å². The van der Waals surface area contributed by atoms with Gasteiger partial charge < -0.3 is 14.6 Å². The van der Waals surface area contributed by atoms with E-state index in [4.69, 9.17) is 4.42 Å². The minimum Gasteiger partial charge on any atom is -0.466 e. The summed E-state index contributed by atoms with van der Waals surface area (Å²) in [5.41, 5.74) is 0. The van der Waals surface area contributed by atoms with Crippen LogP contribution in [0.1, 0.15) is 43.6 Å². The van der Waals surface area contributed by atoms with E-state index in [1.807, 2.05) is 12.1 Å². The average molecular weight is 290 g/mol. The second-order valence-corrected chi connectivity index (χ2v) is 6.14. The van der Waals surface area contributed by atoms with E-state index in [-0.39, 0.29) is 18.4 Å². The fourth-order valence-corrected chi connectivity index (χ4v) is 2.85. The van der Waals surface area contributed by atoms with Crippen molar-refractivity contribution < 1.29 is 14.0 Å². The molecule has 0 spiro atoms. The molecular weight excluding hydrogens is 268 g/mol. The zero-order chi connectivity index (χ0) is 14.8. The topological polar surface area (TPSA) is 62.6 Å². The molecule has 2 heterocycles. The fraction of sp³-hybridized carbons (Fsp3) is 0.625. The smallest absolute Gasteiger partial charge is 0.239 e. The molecule has 1 aromatic rings. The zero-order valence-corrected chi connectivity index (χ0v) is 12.4. The summed E-state index contributed by atoms with van der Waals surface area (Å²) >= 11 is 0. The predicted octanol–water partition coefficient (Wildman–Crippen LogP) is 1.68. The molecule has 2 amide bonds. The van der Waals surface area contributed by atoms with E-state index in [2.05, 4.69) is 12.2 Å². The molecule has 1 saturated heterocycles. The van der Waals surface area contributed by atoms with Gasteiger partial charge in [0, 0.05) is 31.8 Å². The molecular formula is C16H22N2O3. The summed E-state index contributed by atoms with van der Waals surface area (Å²) in [6, 6.07) is 4.01. The maximum absolute atomic E-state index is 12.2. The van der Waals surface area contributed by atoms with Crippen molar-refractivity contribution in [1.82, 2.24) is 10.2 Å². The SMILES string of the molecule is CC1CC1c1ccc(CCC(=O)N2CCCNC(=O)C2)o1. The van der Waals surface area contributed by atoms with Gasteiger partial charge in [-0.2, -0.15) is 0 Å². The molecule has 3 rings (SSSR count). The first-order chi connectivity index (χ1) is 10.1. The summed E-state index contributed by atoms with van der Waals surface area (Å²) in [7, 11) is 0. The minimum absolute atomic E-state index is 0.0322. The largest absolute Gasteiger partial charge is 0.466 e. The molecule has 1 N–H and O–H groups in total. The van der Waals surface area contributed by atoms with E-state index in [0.29, 0.717) is 31.8 Å². The van der Waals surface area contributed by atoms with Crippen LogP contribution in [-0.2, 0) is 16.0 Å². The highest BCUT2D eigenvalue weighted by molar-refractivity contribution is 5.85. The molecule has 0 bridgehead atoms. The number of aryl methyl sites for hydroxylation is 1. The lowest BCUT2D eigenvalue weighted by atomic mass is 10.2. The van der Waals surface area contributed by atoms with Crippen molar-refractivity contribution in [1.29, 1.82) is 0 Å². The van der Waals surface area contributed by atoms with Gasteiger partial charge in [-0.15, -0.1) is 0 Å². The lowest BCUT2D eigenvalue weighted by Crippen LogP contribution is -2.37. The van der Waals surface area contributed by atoms with Crippen LogP contribution in [0, 0.1) is 5.92 Å². The normalized spacial score (nSPS) is 25.4. The zero-order valence-electron chi connectivity index (χ0n) is 12.4. The molecule has 1 saturated carbocycles. The Hall–Kier alpha value is -1.78.